The molecule has 0 saturated carbocycles. The van der Waals surface area contributed by atoms with Gasteiger partial charge < -0.3 is 10.6 Å². The summed E-state index contributed by atoms with van der Waals surface area (Å²) < 4.78 is 0. The van der Waals surface area contributed by atoms with Gasteiger partial charge in [0.25, 0.3) is 0 Å². The third kappa shape index (κ3) is 4.56. The van der Waals surface area contributed by atoms with Crippen molar-refractivity contribution in [1.29, 1.82) is 0 Å². The van der Waals surface area contributed by atoms with Gasteiger partial charge in [0, 0.05) is 11.4 Å². The quantitative estimate of drug-likeness (QED) is 0.659. The highest BCUT2D eigenvalue weighted by molar-refractivity contribution is 7.09. The predicted molar refractivity (Wildman–Crippen MR) is 89.7 cm³/mol. The van der Waals surface area contributed by atoms with Crippen LogP contribution in [0.4, 0.5) is 0 Å². The monoisotopic (exact) mass is 302 g/mol. The van der Waals surface area contributed by atoms with Gasteiger partial charge in [0.15, 0.2) is 5.96 Å². The molecule has 0 spiro atoms. The van der Waals surface area contributed by atoms with Gasteiger partial charge in [-0.1, -0.05) is 24.3 Å². The third-order valence-corrected chi connectivity index (χ3v) is 4.21. The molecule has 2 aromatic rings. The Labute approximate surface area is 130 Å². The van der Waals surface area contributed by atoms with Gasteiger partial charge in [0.05, 0.1) is 24.3 Å². The maximum Gasteiger partial charge on any atom is 0.191 e. The van der Waals surface area contributed by atoms with Crippen LogP contribution in [0.25, 0.3) is 0 Å². The lowest BCUT2D eigenvalue weighted by Crippen LogP contribution is -2.36. The number of aliphatic imine (C=N–C) groups is 1. The Hall–Kier alpha value is -1.88. The fraction of sp³-hybridized carbons (Fsp3) is 0.375. The van der Waals surface area contributed by atoms with Crippen molar-refractivity contribution in [3.8, 4) is 0 Å². The van der Waals surface area contributed by atoms with Crippen LogP contribution in [0.1, 0.15) is 28.6 Å². The summed E-state index contributed by atoms with van der Waals surface area (Å²) in [5.74, 6) is 0.841. The first-order valence-corrected chi connectivity index (χ1v) is 8.04. The number of aromatic nitrogens is 1. The Morgan fingerprint density at radius 3 is 2.71 bits per heavy atom. The number of guanidine groups is 1. The molecule has 1 heterocycles. The van der Waals surface area contributed by atoms with E-state index in [0.29, 0.717) is 6.54 Å². The number of hydrogen-bond donors (Lipinski definition) is 2. The molecule has 21 heavy (non-hydrogen) atoms. The van der Waals surface area contributed by atoms with Crippen molar-refractivity contribution in [3.05, 3.63) is 51.5 Å². The zero-order chi connectivity index (χ0) is 15.1. The average Bonchev–Trinajstić information content (AvgIpc) is 2.89. The number of benzene rings is 1. The van der Waals surface area contributed by atoms with E-state index in [2.05, 4.69) is 58.7 Å². The third-order valence-electron chi connectivity index (χ3n) is 3.27. The summed E-state index contributed by atoms with van der Waals surface area (Å²) in [7, 11) is 0. The standard InChI is InChI=1S/C16H22N4S/c1-4-17-16(19-10-15-13(3)20-11-21-15)18-9-14-8-6-5-7-12(14)2/h5-8,11H,4,9-10H2,1-3H3,(H2,17,18,19). The van der Waals surface area contributed by atoms with E-state index < -0.39 is 0 Å². The van der Waals surface area contributed by atoms with Crippen LogP contribution >= 0.6 is 11.3 Å². The van der Waals surface area contributed by atoms with Gasteiger partial charge in [0.2, 0.25) is 0 Å². The molecule has 1 aromatic heterocycles. The molecule has 0 saturated heterocycles. The van der Waals surface area contributed by atoms with E-state index in [1.54, 1.807) is 11.3 Å². The summed E-state index contributed by atoms with van der Waals surface area (Å²) in [4.78, 5) is 10.2. The molecule has 0 aliphatic carbocycles. The summed E-state index contributed by atoms with van der Waals surface area (Å²) in [6, 6.07) is 8.35. The van der Waals surface area contributed by atoms with Crippen LogP contribution in [0.5, 0.6) is 0 Å². The fourth-order valence-electron chi connectivity index (χ4n) is 1.95. The summed E-state index contributed by atoms with van der Waals surface area (Å²) in [6.07, 6.45) is 0. The fourth-order valence-corrected chi connectivity index (χ4v) is 2.67. The van der Waals surface area contributed by atoms with Crippen LogP contribution in [-0.2, 0) is 13.1 Å². The molecule has 112 valence electrons. The minimum atomic E-state index is 0.684. The molecule has 0 atom stereocenters. The van der Waals surface area contributed by atoms with Crippen LogP contribution in [-0.4, -0.2) is 17.5 Å². The van der Waals surface area contributed by atoms with Gasteiger partial charge in [-0.2, -0.15) is 0 Å². The Morgan fingerprint density at radius 2 is 2.05 bits per heavy atom. The van der Waals surface area contributed by atoms with Gasteiger partial charge in [-0.05, 0) is 31.9 Å². The zero-order valence-corrected chi connectivity index (χ0v) is 13.6. The molecule has 2 N–H and O–H groups in total. The number of nitrogens with one attached hydrogen (secondary N) is 2. The van der Waals surface area contributed by atoms with Crippen LogP contribution in [0.15, 0.2) is 34.8 Å². The average molecular weight is 302 g/mol. The molecule has 0 aliphatic rings. The van der Waals surface area contributed by atoms with Crippen molar-refractivity contribution in [2.75, 3.05) is 6.54 Å². The summed E-state index contributed by atoms with van der Waals surface area (Å²) >= 11 is 1.67. The van der Waals surface area contributed by atoms with Crippen LogP contribution in [0.3, 0.4) is 0 Å². The molecule has 5 heteroatoms. The van der Waals surface area contributed by atoms with Gasteiger partial charge >= 0.3 is 0 Å². The number of nitrogens with zero attached hydrogens (tertiary/aromatic N) is 2. The molecule has 0 amide bonds. The van der Waals surface area contributed by atoms with Crippen molar-refractivity contribution in [2.24, 2.45) is 4.99 Å². The highest BCUT2D eigenvalue weighted by atomic mass is 32.1. The molecule has 0 bridgehead atoms. The first-order valence-electron chi connectivity index (χ1n) is 7.16. The SMILES string of the molecule is CCNC(=NCc1ccccc1C)NCc1scnc1C. The van der Waals surface area contributed by atoms with Crippen LogP contribution in [0, 0.1) is 13.8 Å². The second-order valence-electron chi connectivity index (χ2n) is 4.84. The van der Waals surface area contributed by atoms with Crippen molar-refractivity contribution in [2.45, 2.75) is 33.9 Å². The van der Waals surface area contributed by atoms with Crippen LogP contribution < -0.4 is 10.6 Å². The van der Waals surface area contributed by atoms with Crippen molar-refractivity contribution >= 4 is 17.3 Å². The first-order chi connectivity index (χ1) is 10.2. The van der Waals surface area contributed by atoms with E-state index in [-0.39, 0.29) is 0 Å². The molecular formula is C16H22N4S. The highest BCUT2D eigenvalue weighted by Gasteiger charge is 2.03. The minimum absolute atomic E-state index is 0.684. The van der Waals surface area contributed by atoms with Gasteiger partial charge in [-0.25, -0.2) is 9.98 Å². The molecular weight excluding hydrogens is 280 g/mol. The van der Waals surface area contributed by atoms with Gasteiger partial charge in [-0.3, -0.25) is 0 Å². The summed E-state index contributed by atoms with van der Waals surface area (Å²) in [6.45, 7) is 8.51. The number of thiazole rings is 1. The van der Waals surface area contributed by atoms with E-state index in [1.165, 1.54) is 16.0 Å². The molecule has 2 rings (SSSR count). The lowest BCUT2D eigenvalue weighted by Gasteiger charge is -2.11. The first kappa shape index (κ1) is 15.5. The molecule has 4 nitrogen and oxygen atoms in total. The maximum atomic E-state index is 4.65. The molecule has 0 radical (unpaired) electrons. The van der Waals surface area contributed by atoms with Crippen molar-refractivity contribution in [1.82, 2.24) is 15.6 Å². The lowest BCUT2D eigenvalue weighted by atomic mass is 10.1. The Morgan fingerprint density at radius 1 is 1.24 bits per heavy atom. The smallest absolute Gasteiger partial charge is 0.191 e. The summed E-state index contributed by atoms with van der Waals surface area (Å²) in [5.41, 5.74) is 5.49. The second-order valence-corrected chi connectivity index (χ2v) is 5.78. The molecule has 0 unspecified atom stereocenters. The molecule has 0 fully saturated rings. The second kappa shape index (κ2) is 7.78. The van der Waals surface area contributed by atoms with Crippen LogP contribution in [0.2, 0.25) is 0 Å². The Kier molecular flexibility index (Phi) is 5.75. The van der Waals surface area contributed by atoms with E-state index in [9.17, 15) is 0 Å². The highest BCUT2D eigenvalue weighted by Crippen LogP contribution is 2.11. The number of aryl methyl sites for hydroxylation is 2. The lowest BCUT2D eigenvalue weighted by molar-refractivity contribution is 0.818. The van der Waals surface area contributed by atoms with E-state index >= 15 is 0 Å². The minimum Gasteiger partial charge on any atom is -0.357 e. The normalized spacial score (nSPS) is 11.5. The molecule has 1 aromatic carbocycles. The van der Waals surface area contributed by atoms with Gasteiger partial charge in [0.1, 0.15) is 0 Å². The van der Waals surface area contributed by atoms with E-state index in [1.807, 2.05) is 12.4 Å². The largest absolute Gasteiger partial charge is 0.357 e. The van der Waals surface area contributed by atoms with E-state index in [4.69, 9.17) is 0 Å². The van der Waals surface area contributed by atoms with E-state index in [0.717, 1.165) is 24.7 Å². The van der Waals surface area contributed by atoms with Crippen molar-refractivity contribution in [3.63, 3.8) is 0 Å². The summed E-state index contributed by atoms with van der Waals surface area (Å²) in [5, 5.41) is 6.64. The Balaban J connectivity index is 1.99. The van der Waals surface area contributed by atoms with Gasteiger partial charge in [-0.15, -0.1) is 11.3 Å². The van der Waals surface area contributed by atoms with Crippen molar-refractivity contribution < 1.29 is 0 Å². The predicted octanol–water partition coefficient (Wildman–Crippen LogP) is 3.02. The Bertz CT molecular complexity index is 604. The number of rotatable bonds is 5. The maximum absolute atomic E-state index is 4.65. The zero-order valence-electron chi connectivity index (χ0n) is 12.8. The molecule has 0 aliphatic heterocycles. The number of hydrogen-bond acceptors (Lipinski definition) is 3. The topological polar surface area (TPSA) is 49.3 Å².